The molecular weight excluding hydrogens is 515 g/mol. The van der Waals surface area contributed by atoms with Crippen LogP contribution in [0.5, 0.6) is 0 Å². The summed E-state index contributed by atoms with van der Waals surface area (Å²) in [6.07, 6.45) is -0.776. The van der Waals surface area contributed by atoms with Crippen LogP contribution in [-0.2, 0) is 25.5 Å². The molecule has 0 bridgehead atoms. The molecule has 192 valence electrons. The summed E-state index contributed by atoms with van der Waals surface area (Å²) in [5.41, 5.74) is 2.22. The summed E-state index contributed by atoms with van der Waals surface area (Å²) in [6.45, 7) is -0.0167. The van der Waals surface area contributed by atoms with Crippen molar-refractivity contribution in [1.29, 1.82) is 0 Å². The summed E-state index contributed by atoms with van der Waals surface area (Å²) in [4.78, 5) is 41.5. The molecule has 2 amide bonds. The number of rotatable bonds is 9. The maximum atomic E-state index is 13.9. The van der Waals surface area contributed by atoms with Crippen molar-refractivity contribution in [3.8, 4) is 0 Å². The van der Waals surface area contributed by atoms with Crippen LogP contribution in [0.15, 0.2) is 78.9 Å². The number of carbonyl (C=O) groups is 3. The van der Waals surface area contributed by atoms with E-state index in [-0.39, 0.29) is 37.9 Å². The summed E-state index contributed by atoms with van der Waals surface area (Å²) >= 11 is 12.2. The van der Waals surface area contributed by atoms with Crippen LogP contribution in [0, 0.1) is 0 Å². The van der Waals surface area contributed by atoms with E-state index in [0.29, 0.717) is 22.2 Å². The van der Waals surface area contributed by atoms with Gasteiger partial charge in [0.1, 0.15) is 6.61 Å². The van der Waals surface area contributed by atoms with Crippen molar-refractivity contribution in [2.75, 3.05) is 24.6 Å². The molecular formula is C28H26Cl2N2O5. The molecule has 0 unspecified atom stereocenters. The fraction of sp³-hybridized carbons (Fsp3) is 0.250. The zero-order valence-electron chi connectivity index (χ0n) is 19.9. The first-order valence-electron chi connectivity index (χ1n) is 11.8. The van der Waals surface area contributed by atoms with Gasteiger partial charge in [0.25, 0.3) is 11.8 Å². The van der Waals surface area contributed by atoms with Gasteiger partial charge >= 0.3 is 5.97 Å². The van der Waals surface area contributed by atoms with E-state index in [1.54, 1.807) is 35.2 Å². The molecule has 1 aliphatic rings. The summed E-state index contributed by atoms with van der Waals surface area (Å²) in [6, 6.07) is 22.6. The number of carbonyl (C=O) groups excluding carboxylic acids is 2. The molecule has 37 heavy (non-hydrogen) atoms. The van der Waals surface area contributed by atoms with E-state index in [1.807, 2.05) is 48.5 Å². The maximum Gasteiger partial charge on any atom is 0.305 e. The van der Waals surface area contributed by atoms with Crippen LogP contribution in [-0.4, -0.2) is 53.6 Å². The van der Waals surface area contributed by atoms with Gasteiger partial charge in [0, 0.05) is 28.8 Å². The highest BCUT2D eigenvalue weighted by molar-refractivity contribution is 6.30. The van der Waals surface area contributed by atoms with Crippen molar-refractivity contribution < 1.29 is 24.2 Å². The molecule has 9 heteroatoms. The Morgan fingerprint density at radius 2 is 1.68 bits per heavy atom. The molecule has 0 saturated carbocycles. The van der Waals surface area contributed by atoms with Crippen molar-refractivity contribution in [3.05, 3.63) is 100 Å². The number of carboxylic acid groups (broad SMARTS) is 1. The minimum atomic E-state index is -1.04. The molecule has 3 aromatic rings. The van der Waals surface area contributed by atoms with Gasteiger partial charge in [-0.2, -0.15) is 0 Å². The van der Waals surface area contributed by atoms with Gasteiger partial charge in [-0.15, -0.1) is 0 Å². The topological polar surface area (TPSA) is 87.1 Å². The van der Waals surface area contributed by atoms with Gasteiger partial charge in [-0.05, 0) is 53.9 Å². The second kappa shape index (κ2) is 12.2. The molecule has 1 fully saturated rings. The van der Waals surface area contributed by atoms with Crippen LogP contribution >= 0.6 is 23.2 Å². The molecule has 4 rings (SSSR count). The van der Waals surface area contributed by atoms with Crippen LogP contribution in [0.1, 0.15) is 23.6 Å². The number of nitrogens with zero attached hydrogens (tertiary/aromatic N) is 2. The molecule has 0 radical (unpaired) electrons. The number of benzene rings is 3. The Kier molecular flexibility index (Phi) is 8.82. The number of morpholine rings is 1. The molecule has 0 spiro atoms. The van der Waals surface area contributed by atoms with Gasteiger partial charge in [-0.25, -0.2) is 0 Å². The van der Waals surface area contributed by atoms with Crippen LogP contribution < -0.4 is 4.90 Å². The van der Waals surface area contributed by atoms with Crippen molar-refractivity contribution in [2.24, 2.45) is 0 Å². The standard InChI is InChI=1S/C28H26Cl2N2O5/c29-21-9-11-23(12-10-21)32-24(33)18-37-27(26(32)20-6-2-1-3-7-20)28(36)31(16-14-25(34)35)15-13-19-5-4-8-22(30)17-19/h1-12,17,26-27H,13-16,18H2,(H,34,35)/t26-,27-/m1/s1. The third-order valence-electron chi connectivity index (χ3n) is 6.18. The second-order valence-electron chi connectivity index (χ2n) is 8.68. The Labute approximate surface area is 225 Å². The van der Waals surface area contributed by atoms with E-state index in [0.717, 1.165) is 11.1 Å². The minimum Gasteiger partial charge on any atom is -0.481 e. The number of halogens is 2. The SMILES string of the molecule is O=C(O)CCN(CCc1cccc(Cl)c1)C(=O)[C@@H]1OCC(=O)N(c2ccc(Cl)cc2)[C@@H]1c1ccccc1. The molecule has 1 heterocycles. The number of amides is 2. The van der Waals surface area contributed by atoms with Gasteiger partial charge in [0.15, 0.2) is 6.10 Å². The van der Waals surface area contributed by atoms with Crippen LogP contribution in [0.25, 0.3) is 0 Å². The predicted octanol–water partition coefficient (Wildman–Crippen LogP) is 5.01. The maximum absolute atomic E-state index is 13.9. The molecule has 7 nitrogen and oxygen atoms in total. The van der Waals surface area contributed by atoms with Crippen molar-refractivity contribution in [3.63, 3.8) is 0 Å². The minimum absolute atomic E-state index is 0.00495. The predicted molar refractivity (Wildman–Crippen MR) is 142 cm³/mol. The second-order valence-corrected chi connectivity index (χ2v) is 9.55. The summed E-state index contributed by atoms with van der Waals surface area (Å²) in [5, 5.41) is 10.4. The lowest BCUT2D eigenvalue weighted by atomic mass is 9.95. The summed E-state index contributed by atoms with van der Waals surface area (Å²) in [5.74, 6) is -1.69. The Balaban J connectivity index is 1.67. The fourth-order valence-corrected chi connectivity index (χ4v) is 4.74. The average molecular weight is 541 g/mol. The summed E-state index contributed by atoms with van der Waals surface area (Å²) in [7, 11) is 0. The largest absolute Gasteiger partial charge is 0.481 e. The van der Waals surface area contributed by atoms with Crippen molar-refractivity contribution in [1.82, 2.24) is 4.90 Å². The number of hydrogen-bond donors (Lipinski definition) is 1. The highest BCUT2D eigenvalue weighted by Crippen LogP contribution is 2.36. The monoisotopic (exact) mass is 540 g/mol. The molecule has 0 aliphatic carbocycles. The molecule has 1 N–H and O–H groups in total. The van der Waals surface area contributed by atoms with E-state index in [1.165, 1.54) is 4.90 Å². The number of anilines is 1. The Bertz CT molecular complexity index is 1250. The highest BCUT2D eigenvalue weighted by Gasteiger charge is 2.44. The first-order chi connectivity index (χ1) is 17.8. The number of aliphatic carboxylic acids is 1. The van der Waals surface area contributed by atoms with Crippen LogP contribution in [0.3, 0.4) is 0 Å². The van der Waals surface area contributed by atoms with E-state index in [9.17, 15) is 19.5 Å². The number of ether oxygens (including phenoxy) is 1. The van der Waals surface area contributed by atoms with Gasteiger partial charge in [0.05, 0.1) is 12.5 Å². The molecule has 1 aliphatic heterocycles. The average Bonchev–Trinajstić information content (AvgIpc) is 2.89. The lowest BCUT2D eigenvalue weighted by molar-refractivity contribution is -0.153. The number of hydrogen-bond acceptors (Lipinski definition) is 4. The molecule has 0 aromatic heterocycles. The van der Waals surface area contributed by atoms with Crippen molar-refractivity contribution >= 4 is 46.7 Å². The third kappa shape index (κ3) is 6.68. The van der Waals surface area contributed by atoms with E-state index in [2.05, 4.69) is 0 Å². The molecule has 3 aromatic carbocycles. The van der Waals surface area contributed by atoms with E-state index in [4.69, 9.17) is 27.9 Å². The zero-order valence-corrected chi connectivity index (χ0v) is 21.4. The normalized spacial score (nSPS) is 17.5. The van der Waals surface area contributed by atoms with Gasteiger partial charge in [-0.1, -0.05) is 65.7 Å². The number of carboxylic acids is 1. The first kappa shape index (κ1) is 26.7. The van der Waals surface area contributed by atoms with Gasteiger partial charge in [-0.3, -0.25) is 19.3 Å². The van der Waals surface area contributed by atoms with Gasteiger partial charge < -0.3 is 14.7 Å². The zero-order chi connectivity index (χ0) is 26.4. The fourth-order valence-electron chi connectivity index (χ4n) is 4.40. The van der Waals surface area contributed by atoms with E-state index < -0.39 is 18.1 Å². The Hall–Kier alpha value is -3.39. The van der Waals surface area contributed by atoms with Crippen molar-refractivity contribution in [2.45, 2.75) is 25.0 Å². The molecule has 1 saturated heterocycles. The van der Waals surface area contributed by atoms with E-state index >= 15 is 0 Å². The Morgan fingerprint density at radius 1 is 0.946 bits per heavy atom. The summed E-state index contributed by atoms with van der Waals surface area (Å²) < 4.78 is 5.88. The quantitative estimate of drug-likeness (QED) is 0.412. The Morgan fingerprint density at radius 3 is 2.35 bits per heavy atom. The van der Waals surface area contributed by atoms with Gasteiger partial charge in [0.2, 0.25) is 0 Å². The molecule has 2 atom stereocenters. The first-order valence-corrected chi connectivity index (χ1v) is 12.6. The lowest BCUT2D eigenvalue weighted by Gasteiger charge is -2.42. The third-order valence-corrected chi connectivity index (χ3v) is 6.66. The lowest BCUT2D eigenvalue weighted by Crippen LogP contribution is -2.55. The highest BCUT2D eigenvalue weighted by atomic mass is 35.5. The van der Waals surface area contributed by atoms with Crippen LogP contribution in [0.4, 0.5) is 5.69 Å². The van der Waals surface area contributed by atoms with Crippen LogP contribution in [0.2, 0.25) is 10.0 Å². The smallest absolute Gasteiger partial charge is 0.305 e.